The number of aromatic amines is 1. The molecule has 0 saturated heterocycles. The van der Waals surface area contributed by atoms with Crippen LogP contribution in [-0.4, -0.2) is 39.0 Å². The van der Waals surface area contributed by atoms with Gasteiger partial charge in [0.05, 0.1) is 23.4 Å². The van der Waals surface area contributed by atoms with Crippen LogP contribution in [0.3, 0.4) is 0 Å². The van der Waals surface area contributed by atoms with Crippen LogP contribution in [0.4, 0.5) is 11.4 Å². The number of aromatic nitrogens is 4. The Kier molecular flexibility index (Phi) is 6.17. The lowest BCUT2D eigenvalue weighted by Crippen LogP contribution is -2.19. The molecule has 0 aliphatic carbocycles. The van der Waals surface area contributed by atoms with Crippen LogP contribution in [0.1, 0.15) is 27.6 Å². The van der Waals surface area contributed by atoms with E-state index in [2.05, 4.69) is 31.3 Å². The Labute approximate surface area is 183 Å². The SMILES string of the molecule is CCOc1ccccc1C(=O)Nc1ccccc1C(=O)Nc1cccc(-c2nn[nH]n2)c1. The summed E-state index contributed by atoms with van der Waals surface area (Å²) in [7, 11) is 0. The van der Waals surface area contributed by atoms with E-state index in [0.29, 0.717) is 46.2 Å². The Hall–Kier alpha value is -4.53. The summed E-state index contributed by atoms with van der Waals surface area (Å²) in [5.74, 6) is 0.159. The summed E-state index contributed by atoms with van der Waals surface area (Å²) in [4.78, 5) is 25.9. The molecule has 0 fully saturated rings. The lowest BCUT2D eigenvalue weighted by Gasteiger charge is -2.13. The number of tetrazole rings is 1. The van der Waals surface area contributed by atoms with Crippen molar-refractivity contribution in [1.29, 1.82) is 0 Å². The van der Waals surface area contributed by atoms with Crippen molar-refractivity contribution < 1.29 is 14.3 Å². The van der Waals surface area contributed by atoms with Crippen molar-refractivity contribution in [2.75, 3.05) is 17.2 Å². The molecule has 9 heteroatoms. The Balaban J connectivity index is 1.54. The van der Waals surface area contributed by atoms with E-state index in [4.69, 9.17) is 4.74 Å². The van der Waals surface area contributed by atoms with Gasteiger partial charge in [-0.3, -0.25) is 9.59 Å². The van der Waals surface area contributed by atoms with Crippen LogP contribution in [0.15, 0.2) is 72.8 Å². The maximum atomic E-state index is 13.0. The molecule has 0 aliphatic heterocycles. The number of nitrogens with zero attached hydrogens (tertiary/aromatic N) is 3. The Morgan fingerprint density at radius 3 is 2.44 bits per heavy atom. The fraction of sp³-hybridized carbons (Fsp3) is 0.0870. The monoisotopic (exact) mass is 428 g/mol. The molecule has 4 rings (SSSR count). The molecule has 1 aromatic heterocycles. The summed E-state index contributed by atoms with van der Waals surface area (Å²) in [6, 6.07) is 20.8. The van der Waals surface area contributed by atoms with E-state index in [9.17, 15) is 9.59 Å². The lowest BCUT2D eigenvalue weighted by atomic mass is 10.1. The van der Waals surface area contributed by atoms with Gasteiger partial charge in [0, 0.05) is 11.3 Å². The number of amides is 2. The summed E-state index contributed by atoms with van der Waals surface area (Å²) < 4.78 is 5.54. The van der Waals surface area contributed by atoms with Gasteiger partial charge < -0.3 is 15.4 Å². The third-order valence-corrected chi connectivity index (χ3v) is 4.58. The Morgan fingerprint density at radius 2 is 1.66 bits per heavy atom. The minimum absolute atomic E-state index is 0.319. The predicted octanol–water partition coefficient (Wildman–Crippen LogP) is 3.77. The molecule has 160 valence electrons. The Bertz CT molecular complexity index is 1240. The molecule has 0 spiro atoms. The first-order valence-electron chi connectivity index (χ1n) is 9.93. The highest BCUT2D eigenvalue weighted by atomic mass is 16.5. The number of H-pyrrole nitrogens is 1. The summed E-state index contributed by atoms with van der Waals surface area (Å²) in [5.41, 5.74) is 2.35. The average Bonchev–Trinajstić information content (AvgIpc) is 3.35. The van der Waals surface area contributed by atoms with Crippen LogP contribution in [-0.2, 0) is 0 Å². The van der Waals surface area contributed by atoms with Crippen molar-refractivity contribution in [2.45, 2.75) is 6.92 Å². The second-order valence-electron chi connectivity index (χ2n) is 6.70. The van der Waals surface area contributed by atoms with E-state index in [0.717, 1.165) is 0 Å². The Morgan fingerprint density at radius 1 is 0.906 bits per heavy atom. The smallest absolute Gasteiger partial charge is 0.259 e. The van der Waals surface area contributed by atoms with E-state index < -0.39 is 0 Å². The van der Waals surface area contributed by atoms with Crippen molar-refractivity contribution in [1.82, 2.24) is 20.6 Å². The number of benzene rings is 3. The summed E-state index contributed by atoms with van der Waals surface area (Å²) in [6.45, 7) is 2.29. The molecule has 0 aliphatic rings. The molecule has 0 bridgehead atoms. The van der Waals surface area contributed by atoms with Gasteiger partial charge in [0.2, 0.25) is 5.82 Å². The zero-order chi connectivity index (χ0) is 22.3. The quantitative estimate of drug-likeness (QED) is 0.412. The molecule has 3 N–H and O–H groups in total. The van der Waals surface area contributed by atoms with Crippen LogP contribution in [0.5, 0.6) is 5.75 Å². The minimum atomic E-state index is -0.371. The van der Waals surface area contributed by atoms with E-state index in [-0.39, 0.29) is 11.8 Å². The second kappa shape index (κ2) is 9.52. The molecule has 32 heavy (non-hydrogen) atoms. The second-order valence-corrected chi connectivity index (χ2v) is 6.70. The standard InChI is InChI=1S/C23H20N6O3/c1-2-32-20-13-6-4-11-18(20)23(31)25-19-12-5-3-10-17(19)22(30)24-16-9-7-8-15(14-16)21-26-28-29-27-21/h3-14H,2H2,1H3,(H,24,30)(H,25,31)(H,26,27,28,29). The molecule has 0 radical (unpaired) electrons. The minimum Gasteiger partial charge on any atom is -0.493 e. The number of para-hydroxylation sites is 2. The third kappa shape index (κ3) is 4.62. The largest absolute Gasteiger partial charge is 0.493 e. The first-order valence-corrected chi connectivity index (χ1v) is 9.93. The number of rotatable bonds is 7. The zero-order valence-corrected chi connectivity index (χ0v) is 17.2. The van der Waals surface area contributed by atoms with Crippen LogP contribution in [0, 0.1) is 0 Å². The topological polar surface area (TPSA) is 122 Å². The highest BCUT2D eigenvalue weighted by molar-refractivity contribution is 6.13. The van der Waals surface area contributed by atoms with Gasteiger partial charge in [-0.05, 0) is 48.5 Å². The van der Waals surface area contributed by atoms with Crippen molar-refractivity contribution in [2.24, 2.45) is 0 Å². The molecule has 0 unspecified atom stereocenters. The predicted molar refractivity (Wildman–Crippen MR) is 120 cm³/mol. The molecule has 0 atom stereocenters. The number of ether oxygens (including phenoxy) is 1. The van der Waals surface area contributed by atoms with Crippen molar-refractivity contribution >= 4 is 23.2 Å². The molecular weight excluding hydrogens is 408 g/mol. The summed E-state index contributed by atoms with van der Waals surface area (Å²) in [6.07, 6.45) is 0. The number of hydrogen-bond acceptors (Lipinski definition) is 6. The van der Waals surface area contributed by atoms with Crippen LogP contribution in [0.25, 0.3) is 11.4 Å². The first-order chi connectivity index (χ1) is 15.7. The maximum Gasteiger partial charge on any atom is 0.259 e. The fourth-order valence-corrected chi connectivity index (χ4v) is 3.13. The fourth-order valence-electron chi connectivity index (χ4n) is 3.13. The highest BCUT2D eigenvalue weighted by Gasteiger charge is 2.17. The van der Waals surface area contributed by atoms with Gasteiger partial charge in [0.1, 0.15) is 5.75 Å². The lowest BCUT2D eigenvalue weighted by molar-refractivity contribution is 0.102. The van der Waals surface area contributed by atoms with Crippen molar-refractivity contribution in [3.63, 3.8) is 0 Å². The normalized spacial score (nSPS) is 10.4. The third-order valence-electron chi connectivity index (χ3n) is 4.58. The first kappa shape index (κ1) is 20.7. The van der Waals surface area contributed by atoms with Gasteiger partial charge >= 0.3 is 0 Å². The van der Waals surface area contributed by atoms with Gasteiger partial charge in [0.25, 0.3) is 11.8 Å². The number of carbonyl (C=O) groups is 2. The number of hydrogen-bond donors (Lipinski definition) is 3. The molecule has 9 nitrogen and oxygen atoms in total. The van der Waals surface area contributed by atoms with E-state index in [1.165, 1.54) is 0 Å². The van der Waals surface area contributed by atoms with Gasteiger partial charge in [-0.2, -0.15) is 5.21 Å². The molecule has 3 aromatic carbocycles. The van der Waals surface area contributed by atoms with Crippen LogP contribution < -0.4 is 15.4 Å². The number of carbonyl (C=O) groups excluding carboxylic acids is 2. The van der Waals surface area contributed by atoms with E-state index in [1.807, 2.05) is 13.0 Å². The molecular formula is C23H20N6O3. The molecule has 1 heterocycles. The molecule has 4 aromatic rings. The van der Waals surface area contributed by atoms with Gasteiger partial charge in [0.15, 0.2) is 0 Å². The van der Waals surface area contributed by atoms with Gasteiger partial charge in [-0.15, -0.1) is 10.2 Å². The number of anilines is 2. The van der Waals surface area contributed by atoms with Gasteiger partial charge in [-0.1, -0.05) is 36.4 Å². The zero-order valence-electron chi connectivity index (χ0n) is 17.2. The molecule has 0 saturated carbocycles. The summed E-state index contributed by atoms with van der Waals surface area (Å²) in [5, 5.41) is 19.5. The van der Waals surface area contributed by atoms with Crippen molar-refractivity contribution in [3.8, 4) is 17.1 Å². The van der Waals surface area contributed by atoms with Crippen molar-refractivity contribution in [3.05, 3.63) is 83.9 Å². The van der Waals surface area contributed by atoms with E-state index >= 15 is 0 Å². The van der Waals surface area contributed by atoms with Crippen LogP contribution >= 0.6 is 0 Å². The number of nitrogens with one attached hydrogen (secondary N) is 3. The van der Waals surface area contributed by atoms with Gasteiger partial charge in [-0.25, -0.2) is 0 Å². The van der Waals surface area contributed by atoms with E-state index in [1.54, 1.807) is 66.7 Å². The van der Waals surface area contributed by atoms with Crippen LogP contribution in [0.2, 0.25) is 0 Å². The maximum absolute atomic E-state index is 13.0. The molecule has 2 amide bonds. The highest BCUT2D eigenvalue weighted by Crippen LogP contribution is 2.23. The average molecular weight is 428 g/mol. The summed E-state index contributed by atoms with van der Waals surface area (Å²) >= 11 is 0.